The molecule has 123 valence electrons. The maximum Gasteiger partial charge on any atom is 0.138 e. The first kappa shape index (κ1) is 20.3. The van der Waals surface area contributed by atoms with Gasteiger partial charge in [0.1, 0.15) is 11.6 Å². The van der Waals surface area contributed by atoms with Crippen LogP contribution in [0.3, 0.4) is 0 Å². The number of rotatable bonds is 13. The molecule has 1 radical (unpaired) electrons. The average Bonchev–Trinajstić information content (AvgIpc) is 2.39. The third-order valence-corrected chi connectivity index (χ3v) is 4.41. The molecule has 0 aromatic carbocycles. The molecule has 0 amide bonds. The number of Topliss-reactive ketones (excluding diaryl/α,β-unsaturated/α-hetero) is 2. The van der Waals surface area contributed by atoms with E-state index in [-0.39, 0.29) is 5.41 Å². The summed E-state index contributed by atoms with van der Waals surface area (Å²) in [5.74, 6) is 1.21. The van der Waals surface area contributed by atoms with Gasteiger partial charge in [0.15, 0.2) is 0 Å². The fraction of sp³-hybridized carbons (Fsp3) is 0.842. The van der Waals surface area contributed by atoms with E-state index in [2.05, 4.69) is 27.7 Å². The number of ketones is 2. The van der Waals surface area contributed by atoms with Gasteiger partial charge in [-0.05, 0) is 31.6 Å². The van der Waals surface area contributed by atoms with Crippen molar-refractivity contribution in [1.29, 1.82) is 0 Å². The molecule has 0 aliphatic carbocycles. The molecule has 0 saturated carbocycles. The van der Waals surface area contributed by atoms with Crippen molar-refractivity contribution in [2.45, 2.75) is 91.9 Å². The molecule has 0 bridgehead atoms. The lowest BCUT2D eigenvalue weighted by Gasteiger charge is -2.28. The van der Waals surface area contributed by atoms with Crippen LogP contribution in [0.4, 0.5) is 0 Å². The zero-order valence-electron chi connectivity index (χ0n) is 14.7. The molecule has 0 aliphatic rings. The van der Waals surface area contributed by atoms with Crippen molar-refractivity contribution < 1.29 is 9.59 Å². The van der Waals surface area contributed by atoms with Gasteiger partial charge in [-0.15, -0.1) is 0 Å². The highest BCUT2D eigenvalue weighted by atomic mass is 16.1. The van der Waals surface area contributed by atoms with E-state index in [0.29, 0.717) is 36.7 Å². The molecule has 0 aromatic rings. The molecule has 2 nitrogen and oxygen atoms in total. The minimum atomic E-state index is -0.203. The zero-order valence-corrected chi connectivity index (χ0v) is 14.7. The quantitative estimate of drug-likeness (QED) is 0.447. The van der Waals surface area contributed by atoms with E-state index in [0.717, 1.165) is 44.9 Å². The second kappa shape index (κ2) is 11.0. The van der Waals surface area contributed by atoms with E-state index in [1.807, 2.05) is 6.92 Å². The first-order valence-electron chi connectivity index (χ1n) is 8.73. The molecular weight excluding hydrogens is 260 g/mol. The molecule has 21 heavy (non-hydrogen) atoms. The van der Waals surface area contributed by atoms with Crippen molar-refractivity contribution in [2.75, 3.05) is 0 Å². The molecule has 0 aliphatic heterocycles. The third-order valence-electron chi connectivity index (χ3n) is 4.41. The largest absolute Gasteiger partial charge is 0.300 e. The summed E-state index contributed by atoms with van der Waals surface area (Å²) in [4.78, 5) is 24.0. The van der Waals surface area contributed by atoms with Crippen LogP contribution in [-0.2, 0) is 9.59 Å². The first-order chi connectivity index (χ1) is 9.89. The lowest BCUT2D eigenvalue weighted by Crippen LogP contribution is -2.27. The van der Waals surface area contributed by atoms with Crippen LogP contribution in [0.2, 0.25) is 0 Å². The molecule has 0 rings (SSSR count). The summed E-state index contributed by atoms with van der Waals surface area (Å²) in [6.45, 7) is 12.3. The Balaban J connectivity index is 4.25. The van der Waals surface area contributed by atoms with E-state index in [9.17, 15) is 9.59 Å². The molecular formula is C19H35O2. The maximum atomic E-state index is 12.3. The van der Waals surface area contributed by atoms with E-state index in [1.54, 1.807) is 0 Å². The van der Waals surface area contributed by atoms with Gasteiger partial charge < -0.3 is 0 Å². The van der Waals surface area contributed by atoms with Crippen molar-refractivity contribution in [3.63, 3.8) is 0 Å². The Kier molecular flexibility index (Phi) is 10.6. The Morgan fingerprint density at radius 2 is 1.71 bits per heavy atom. The summed E-state index contributed by atoms with van der Waals surface area (Å²) in [6.07, 6.45) is 8.67. The molecule has 0 N–H and O–H groups in total. The van der Waals surface area contributed by atoms with Gasteiger partial charge in [0, 0.05) is 24.7 Å². The minimum absolute atomic E-state index is 0.203. The Morgan fingerprint density at radius 3 is 2.24 bits per heavy atom. The number of hydrogen-bond acceptors (Lipinski definition) is 2. The fourth-order valence-electron chi connectivity index (χ4n) is 3.04. The summed E-state index contributed by atoms with van der Waals surface area (Å²) >= 11 is 0. The van der Waals surface area contributed by atoms with Crippen LogP contribution in [0.15, 0.2) is 0 Å². The minimum Gasteiger partial charge on any atom is -0.300 e. The summed E-state index contributed by atoms with van der Waals surface area (Å²) in [6, 6.07) is 0. The molecule has 2 heteroatoms. The lowest BCUT2D eigenvalue weighted by atomic mass is 9.75. The van der Waals surface area contributed by atoms with Gasteiger partial charge in [0.25, 0.3) is 0 Å². The highest BCUT2D eigenvalue weighted by Crippen LogP contribution is 2.33. The van der Waals surface area contributed by atoms with E-state index in [1.165, 1.54) is 0 Å². The second-order valence-corrected chi connectivity index (χ2v) is 6.83. The molecule has 0 saturated heterocycles. The van der Waals surface area contributed by atoms with Gasteiger partial charge in [0.05, 0.1) is 0 Å². The number of carbonyl (C=O) groups excluding carboxylic acids is 2. The normalized spacial score (nSPS) is 15.5. The maximum absolute atomic E-state index is 12.3. The topological polar surface area (TPSA) is 34.1 Å². The number of hydrogen-bond donors (Lipinski definition) is 0. The van der Waals surface area contributed by atoms with E-state index >= 15 is 0 Å². The molecule has 0 heterocycles. The highest BCUT2D eigenvalue weighted by molar-refractivity contribution is 5.84. The zero-order chi connectivity index (χ0) is 16.3. The summed E-state index contributed by atoms with van der Waals surface area (Å²) in [5, 5.41) is 0. The SMILES string of the molecule is [CH2]CCC(C)(CCCC(C)CC(=O)CCC)C(=O)CCC. The Bertz CT molecular complexity index is 309. The van der Waals surface area contributed by atoms with Gasteiger partial charge in [-0.3, -0.25) is 9.59 Å². The summed E-state index contributed by atoms with van der Waals surface area (Å²) < 4.78 is 0. The molecule has 0 aromatic heterocycles. The van der Waals surface area contributed by atoms with Crippen LogP contribution in [0, 0.1) is 18.3 Å². The van der Waals surface area contributed by atoms with Gasteiger partial charge in [0.2, 0.25) is 0 Å². The summed E-state index contributed by atoms with van der Waals surface area (Å²) in [7, 11) is 0. The van der Waals surface area contributed by atoms with E-state index in [4.69, 9.17) is 0 Å². The van der Waals surface area contributed by atoms with Crippen molar-refractivity contribution in [2.24, 2.45) is 11.3 Å². The smallest absolute Gasteiger partial charge is 0.138 e. The lowest BCUT2D eigenvalue weighted by molar-refractivity contribution is -0.129. The Hall–Kier alpha value is -0.660. The number of carbonyl (C=O) groups is 2. The summed E-state index contributed by atoms with van der Waals surface area (Å²) in [5.41, 5.74) is -0.203. The van der Waals surface area contributed by atoms with Crippen LogP contribution >= 0.6 is 0 Å². The van der Waals surface area contributed by atoms with Crippen LogP contribution in [0.1, 0.15) is 91.9 Å². The predicted molar refractivity (Wildman–Crippen MR) is 90.2 cm³/mol. The predicted octanol–water partition coefficient (Wildman–Crippen LogP) is 5.54. The Labute approximate surface area is 132 Å². The highest BCUT2D eigenvalue weighted by Gasteiger charge is 2.30. The standard InChI is InChI=1S/C19H35O2/c1-6-10-17(20)15-16(4)12-9-14-19(5,13-8-3)18(21)11-7-2/h16H,3,6-15H2,1-2,4-5H3. The van der Waals surface area contributed by atoms with Gasteiger partial charge in [-0.1, -0.05) is 53.9 Å². The molecule has 2 unspecified atom stereocenters. The molecule has 0 fully saturated rings. The van der Waals surface area contributed by atoms with Crippen LogP contribution in [-0.4, -0.2) is 11.6 Å². The van der Waals surface area contributed by atoms with Crippen molar-refractivity contribution in [3.8, 4) is 0 Å². The van der Waals surface area contributed by atoms with Crippen LogP contribution < -0.4 is 0 Å². The van der Waals surface area contributed by atoms with Gasteiger partial charge in [-0.2, -0.15) is 0 Å². The van der Waals surface area contributed by atoms with Gasteiger partial charge in [-0.25, -0.2) is 0 Å². The molecule has 2 atom stereocenters. The Morgan fingerprint density at radius 1 is 1.10 bits per heavy atom. The van der Waals surface area contributed by atoms with Crippen LogP contribution in [0.25, 0.3) is 0 Å². The fourth-order valence-corrected chi connectivity index (χ4v) is 3.04. The van der Waals surface area contributed by atoms with Crippen LogP contribution in [0.5, 0.6) is 0 Å². The van der Waals surface area contributed by atoms with Gasteiger partial charge >= 0.3 is 0 Å². The van der Waals surface area contributed by atoms with Crippen molar-refractivity contribution >= 4 is 11.6 Å². The third kappa shape index (κ3) is 8.38. The molecule has 0 spiro atoms. The average molecular weight is 295 g/mol. The van der Waals surface area contributed by atoms with E-state index < -0.39 is 0 Å². The first-order valence-corrected chi connectivity index (χ1v) is 8.73. The monoisotopic (exact) mass is 295 g/mol. The van der Waals surface area contributed by atoms with Crippen molar-refractivity contribution in [3.05, 3.63) is 6.92 Å². The second-order valence-electron chi connectivity index (χ2n) is 6.83. The van der Waals surface area contributed by atoms with Crippen molar-refractivity contribution in [1.82, 2.24) is 0 Å².